The van der Waals surface area contributed by atoms with E-state index in [0.29, 0.717) is 11.1 Å². The SMILES string of the molecule is Cc1ccc(C(NS(C)(=O)=O)c2ccc(C(F)(F)F)cc2)cc1. The summed E-state index contributed by atoms with van der Waals surface area (Å²) in [5.41, 5.74) is 1.32. The number of sulfonamides is 1. The molecule has 0 saturated heterocycles. The van der Waals surface area contributed by atoms with Gasteiger partial charge in [0, 0.05) is 0 Å². The minimum absolute atomic E-state index is 0.437. The summed E-state index contributed by atoms with van der Waals surface area (Å²) in [5, 5.41) is 0. The standard InChI is InChI=1S/C16H16F3NO2S/c1-11-3-5-12(6-4-11)15(20-23(2,21)22)13-7-9-14(10-8-13)16(17,18)19/h3-10,15,20H,1-2H3. The normalized spacial score (nSPS) is 13.8. The van der Waals surface area contributed by atoms with Crippen LogP contribution >= 0.6 is 0 Å². The van der Waals surface area contributed by atoms with Gasteiger partial charge in [0.2, 0.25) is 10.0 Å². The number of rotatable bonds is 4. The first-order chi connectivity index (χ1) is 10.6. The molecule has 0 aromatic heterocycles. The first-order valence-corrected chi connectivity index (χ1v) is 8.66. The summed E-state index contributed by atoms with van der Waals surface area (Å²) in [5.74, 6) is 0. The molecule has 7 heteroatoms. The van der Waals surface area contributed by atoms with Crippen LogP contribution in [0.25, 0.3) is 0 Å². The van der Waals surface area contributed by atoms with Gasteiger partial charge in [-0.15, -0.1) is 0 Å². The molecule has 0 radical (unpaired) electrons. The molecule has 0 fully saturated rings. The van der Waals surface area contributed by atoms with Crippen LogP contribution in [0.1, 0.15) is 28.3 Å². The Morgan fingerprint density at radius 1 is 0.913 bits per heavy atom. The van der Waals surface area contributed by atoms with Gasteiger partial charge >= 0.3 is 6.18 Å². The second kappa shape index (κ2) is 6.33. The van der Waals surface area contributed by atoms with Crippen molar-refractivity contribution in [1.82, 2.24) is 4.72 Å². The van der Waals surface area contributed by atoms with Gasteiger partial charge in [-0.2, -0.15) is 13.2 Å². The van der Waals surface area contributed by atoms with Gasteiger partial charge in [0.15, 0.2) is 0 Å². The molecule has 0 amide bonds. The van der Waals surface area contributed by atoms with Crippen molar-refractivity contribution < 1.29 is 21.6 Å². The van der Waals surface area contributed by atoms with Crippen molar-refractivity contribution >= 4 is 10.0 Å². The summed E-state index contributed by atoms with van der Waals surface area (Å²) >= 11 is 0. The average Bonchev–Trinajstić information content (AvgIpc) is 2.44. The number of hydrogen-bond acceptors (Lipinski definition) is 2. The minimum atomic E-state index is -4.43. The third-order valence-corrected chi connectivity index (χ3v) is 3.98. The van der Waals surface area contributed by atoms with E-state index in [-0.39, 0.29) is 0 Å². The number of hydrogen-bond donors (Lipinski definition) is 1. The van der Waals surface area contributed by atoms with E-state index in [0.717, 1.165) is 24.0 Å². The van der Waals surface area contributed by atoms with E-state index in [1.54, 1.807) is 12.1 Å². The molecule has 2 rings (SSSR count). The Kier molecular flexibility index (Phi) is 4.81. The van der Waals surface area contributed by atoms with Crippen molar-refractivity contribution in [1.29, 1.82) is 0 Å². The van der Waals surface area contributed by atoms with Crippen LogP contribution in [0.3, 0.4) is 0 Å². The largest absolute Gasteiger partial charge is 0.416 e. The lowest BCUT2D eigenvalue weighted by Crippen LogP contribution is -2.28. The van der Waals surface area contributed by atoms with Crippen LogP contribution in [0.5, 0.6) is 0 Å². The summed E-state index contributed by atoms with van der Waals surface area (Å²) in [4.78, 5) is 0. The van der Waals surface area contributed by atoms with Crippen LogP contribution in [0, 0.1) is 6.92 Å². The van der Waals surface area contributed by atoms with Gasteiger partial charge in [-0.1, -0.05) is 42.0 Å². The van der Waals surface area contributed by atoms with Gasteiger partial charge in [0.05, 0.1) is 17.9 Å². The quantitative estimate of drug-likeness (QED) is 0.921. The average molecular weight is 343 g/mol. The highest BCUT2D eigenvalue weighted by Crippen LogP contribution is 2.31. The highest BCUT2D eigenvalue weighted by molar-refractivity contribution is 7.88. The van der Waals surface area contributed by atoms with Crippen LogP contribution in [0.2, 0.25) is 0 Å². The summed E-state index contributed by atoms with van der Waals surface area (Å²) in [6.45, 7) is 1.89. The van der Waals surface area contributed by atoms with Crippen LogP contribution < -0.4 is 4.72 Å². The van der Waals surface area contributed by atoms with Crippen LogP contribution in [-0.4, -0.2) is 14.7 Å². The van der Waals surface area contributed by atoms with E-state index in [1.807, 2.05) is 19.1 Å². The molecule has 0 saturated carbocycles. The Morgan fingerprint density at radius 3 is 1.74 bits per heavy atom. The molecule has 0 heterocycles. The van der Waals surface area contributed by atoms with Crippen LogP contribution in [0.15, 0.2) is 48.5 Å². The van der Waals surface area contributed by atoms with Gasteiger partial charge < -0.3 is 0 Å². The highest BCUT2D eigenvalue weighted by Gasteiger charge is 2.30. The van der Waals surface area contributed by atoms with Gasteiger partial charge in [-0.05, 0) is 30.2 Å². The molecule has 23 heavy (non-hydrogen) atoms. The molecular formula is C16H16F3NO2S. The maximum atomic E-state index is 12.6. The Hall–Kier alpha value is -1.86. The zero-order chi connectivity index (χ0) is 17.3. The second-order valence-electron chi connectivity index (χ2n) is 5.35. The molecule has 124 valence electrons. The number of benzene rings is 2. The van der Waals surface area contributed by atoms with E-state index < -0.39 is 27.8 Å². The Bertz CT molecular complexity index is 766. The highest BCUT2D eigenvalue weighted by atomic mass is 32.2. The molecule has 0 aliphatic heterocycles. The summed E-state index contributed by atoms with van der Waals surface area (Å²) in [7, 11) is -3.54. The molecule has 2 aromatic carbocycles. The maximum Gasteiger partial charge on any atom is 0.416 e. The zero-order valence-electron chi connectivity index (χ0n) is 12.6. The first kappa shape index (κ1) is 17.5. The van der Waals surface area contributed by atoms with Crippen LogP contribution in [0.4, 0.5) is 13.2 Å². The lowest BCUT2D eigenvalue weighted by molar-refractivity contribution is -0.137. The fourth-order valence-electron chi connectivity index (χ4n) is 2.17. The van der Waals surface area contributed by atoms with E-state index in [9.17, 15) is 21.6 Å². The van der Waals surface area contributed by atoms with Gasteiger partial charge in [-0.25, -0.2) is 13.1 Å². The molecular weight excluding hydrogens is 327 g/mol. The van der Waals surface area contributed by atoms with Crippen molar-refractivity contribution in [3.63, 3.8) is 0 Å². The van der Waals surface area contributed by atoms with Crippen molar-refractivity contribution in [2.45, 2.75) is 19.1 Å². The molecule has 1 unspecified atom stereocenters. The number of nitrogens with one attached hydrogen (secondary N) is 1. The van der Waals surface area contributed by atoms with Crippen molar-refractivity contribution in [3.05, 3.63) is 70.8 Å². The summed E-state index contributed by atoms with van der Waals surface area (Å²) < 4.78 is 63.6. The lowest BCUT2D eigenvalue weighted by Gasteiger charge is -2.19. The molecule has 2 aromatic rings. The van der Waals surface area contributed by atoms with E-state index >= 15 is 0 Å². The van der Waals surface area contributed by atoms with Gasteiger partial charge in [-0.3, -0.25) is 0 Å². The fourth-order valence-corrected chi connectivity index (χ4v) is 2.87. The third-order valence-electron chi connectivity index (χ3n) is 3.31. The molecule has 1 N–H and O–H groups in total. The number of alkyl halides is 3. The van der Waals surface area contributed by atoms with Crippen molar-refractivity contribution in [3.8, 4) is 0 Å². The molecule has 3 nitrogen and oxygen atoms in total. The fraction of sp³-hybridized carbons (Fsp3) is 0.250. The monoisotopic (exact) mass is 343 g/mol. The molecule has 0 aliphatic carbocycles. The Labute approximate surface area is 133 Å². The van der Waals surface area contributed by atoms with Gasteiger partial charge in [0.25, 0.3) is 0 Å². The Balaban J connectivity index is 2.43. The topological polar surface area (TPSA) is 46.2 Å². The first-order valence-electron chi connectivity index (χ1n) is 6.77. The molecule has 0 aliphatic rings. The molecule has 0 bridgehead atoms. The van der Waals surface area contributed by atoms with E-state index in [2.05, 4.69) is 4.72 Å². The lowest BCUT2D eigenvalue weighted by atomic mass is 9.98. The summed E-state index contributed by atoms with van der Waals surface area (Å²) in [6.07, 6.45) is -3.42. The summed E-state index contributed by atoms with van der Waals surface area (Å²) in [6, 6.07) is 10.8. The van der Waals surface area contributed by atoms with Gasteiger partial charge in [0.1, 0.15) is 0 Å². The van der Waals surface area contributed by atoms with Crippen LogP contribution in [-0.2, 0) is 16.2 Å². The van der Waals surface area contributed by atoms with E-state index in [1.165, 1.54) is 12.1 Å². The zero-order valence-corrected chi connectivity index (χ0v) is 13.4. The minimum Gasteiger partial charge on any atom is -0.213 e. The second-order valence-corrected chi connectivity index (χ2v) is 7.13. The van der Waals surface area contributed by atoms with Crippen molar-refractivity contribution in [2.75, 3.05) is 6.26 Å². The Morgan fingerprint density at radius 2 is 1.35 bits per heavy atom. The maximum absolute atomic E-state index is 12.6. The smallest absolute Gasteiger partial charge is 0.213 e. The third kappa shape index (κ3) is 4.80. The molecule has 0 spiro atoms. The predicted octanol–water partition coefficient (Wildman–Crippen LogP) is 3.65. The molecule has 1 atom stereocenters. The van der Waals surface area contributed by atoms with E-state index in [4.69, 9.17) is 0 Å². The number of aryl methyl sites for hydroxylation is 1. The number of halogens is 3. The van der Waals surface area contributed by atoms with Crippen molar-refractivity contribution in [2.24, 2.45) is 0 Å². The predicted molar refractivity (Wildman–Crippen MR) is 82.4 cm³/mol.